The average molecular weight is 325 g/mol. The Morgan fingerprint density at radius 3 is 2.78 bits per heavy atom. The van der Waals surface area contributed by atoms with Crippen LogP contribution in [0, 0.1) is 0 Å². The van der Waals surface area contributed by atoms with Crippen molar-refractivity contribution in [3.8, 4) is 0 Å². The maximum absolute atomic E-state index is 12.2. The summed E-state index contributed by atoms with van der Waals surface area (Å²) in [7, 11) is 0. The molecule has 1 N–H and O–H groups in total. The molecule has 2 aromatic heterocycles. The summed E-state index contributed by atoms with van der Waals surface area (Å²) in [6.07, 6.45) is 4.09. The minimum Gasteiger partial charge on any atom is -0.352 e. The third-order valence-corrected chi connectivity index (χ3v) is 4.40. The van der Waals surface area contributed by atoms with Gasteiger partial charge in [0.25, 0.3) is 5.91 Å². The van der Waals surface area contributed by atoms with Crippen LogP contribution in [0.2, 0.25) is 0 Å². The Balaban J connectivity index is 1.49. The highest BCUT2D eigenvalue weighted by atomic mass is 32.1. The lowest BCUT2D eigenvalue weighted by atomic mass is 10.2. The number of para-hydroxylation sites is 1. The van der Waals surface area contributed by atoms with E-state index in [4.69, 9.17) is 0 Å². The molecule has 1 amide bonds. The molecule has 1 aromatic carbocycles. The number of hydrogen-bond acceptors (Lipinski definition) is 5. The summed E-state index contributed by atoms with van der Waals surface area (Å²) in [5.41, 5.74) is 1.37. The largest absolute Gasteiger partial charge is 0.352 e. The number of nitrogens with one attached hydrogen (secondary N) is 1. The van der Waals surface area contributed by atoms with E-state index in [9.17, 15) is 9.59 Å². The van der Waals surface area contributed by atoms with Gasteiger partial charge in [-0.2, -0.15) is 0 Å². The predicted molar refractivity (Wildman–Crippen MR) is 89.8 cm³/mol. The molecule has 0 radical (unpaired) electrons. The predicted octanol–water partition coefficient (Wildman–Crippen LogP) is 3.08. The van der Waals surface area contributed by atoms with Crippen molar-refractivity contribution in [2.75, 3.05) is 6.54 Å². The first-order chi connectivity index (χ1) is 11.2. The van der Waals surface area contributed by atoms with Crippen LogP contribution in [0.25, 0.3) is 10.2 Å². The molecule has 0 bridgehead atoms. The van der Waals surface area contributed by atoms with E-state index in [0.717, 1.165) is 10.2 Å². The lowest BCUT2D eigenvalue weighted by Crippen LogP contribution is -2.24. The number of nitrogens with zero attached hydrogens (tertiary/aromatic N) is 2. The molecule has 2 heterocycles. The molecule has 23 heavy (non-hydrogen) atoms. The van der Waals surface area contributed by atoms with Crippen molar-refractivity contribution >= 4 is 33.2 Å². The van der Waals surface area contributed by atoms with E-state index in [1.807, 2.05) is 24.3 Å². The maximum atomic E-state index is 12.2. The van der Waals surface area contributed by atoms with E-state index in [2.05, 4.69) is 15.3 Å². The first-order valence-corrected chi connectivity index (χ1v) is 8.13. The number of amides is 1. The summed E-state index contributed by atoms with van der Waals surface area (Å²) in [5.74, 6) is -0.160. The first-order valence-electron chi connectivity index (χ1n) is 7.31. The Morgan fingerprint density at radius 2 is 2.00 bits per heavy atom. The fraction of sp³-hybridized carbons (Fsp3) is 0.176. The number of thiazole rings is 1. The number of ketones is 1. The maximum Gasteiger partial charge on any atom is 0.252 e. The van der Waals surface area contributed by atoms with Gasteiger partial charge in [-0.15, -0.1) is 11.3 Å². The Labute approximate surface area is 137 Å². The number of benzene rings is 1. The summed E-state index contributed by atoms with van der Waals surface area (Å²) in [5, 5.41) is 3.32. The molecule has 0 unspecified atom stereocenters. The SMILES string of the molecule is O=C(NCCCC(=O)c1nc2ccccc2s1)c1cccnc1. The van der Waals surface area contributed by atoms with Crippen LogP contribution in [0.5, 0.6) is 0 Å². The fourth-order valence-corrected chi connectivity index (χ4v) is 3.08. The second kappa shape index (κ2) is 7.11. The van der Waals surface area contributed by atoms with Gasteiger partial charge in [0.1, 0.15) is 0 Å². The zero-order valence-corrected chi connectivity index (χ0v) is 13.2. The van der Waals surface area contributed by atoms with Crippen molar-refractivity contribution in [3.63, 3.8) is 0 Å². The van der Waals surface area contributed by atoms with E-state index >= 15 is 0 Å². The quantitative estimate of drug-likeness (QED) is 0.558. The molecule has 0 aliphatic rings. The minimum absolute atomic E-state index is 0.0156. The second-order valence-electron chi connectivity index (χ2n) is 5.01. The van der Waals surface area contributed by atoms with Crippen molar-refractivity contribution in [1.82, 2.24) is 15.3 Å². The van der Waals surface area contributed by atoms with Gasteiger partial charge in [-0.05, 0) is 30.7 Å². The van der Waals surface area contributed by atoms with Gasteiger partial charge in [-0.1, -0.05) is 12.1 Å². The molecule has 3 rings (SSSR count). The summed E-state index contributed by atoms with van der Waals surface area (Å²) in [4.78, 5) is 32.2. The number of Topliss-reactive ketones (excluding diaryl/α,β-unsaturated/α-hetero) is 1. The molecule has 0 saturated carbocycles. The molecule has 5 nitrogen and oxygen atoms in total. The Bertz CT molecular complexity index is 797. The molecular formula is C17H15N3O2S. The number of aromatic nitrogens is 2. The van der Waals surface area contributed by atoms with Crippen molar-refractivity contribution in [2.45, 2.75) is 12.8 Å². The van der Waals surface area contributed by atoms with E-state index in [0.29, 0.717) is 30.0 Å². The lowest BCUT2D eigenvalue weighted by molar-refractivity contribution is 0.0937. The summed E-state index contributed by atoms with van der Waals surface area (Å²) in [6, 6.07) is 11.1. The summed E-state index contributed by atoms with van der Waals surface area (Å²) >= 11 is 1.41. The van der Waals surface area contributed by atoms with Crippen LogP contribution in [-0.4, -0.2) is 28.2 Å². The van der Waals surface area contributed by atoms with E-state index in [-0.39, 0.29) is 11.7 Å². The molecule has 0 spiro atoms. The molecule has 0 atom stereocenters. The van der Waals surface area contributed by atoms with Crippen LogP contribution in [0.15, 0.2) is 48.8 Å². The number of hydrogen-bond donors (Lipinski definition) is 1. The van der Waals surface area contributed by atoms with Crippen molar-refractivity contribution in [1.29, 1.82) is 0 Å². The van der Waals surface area contributed by atoms with Gasteiger partial charge in [0.15, 0.2) is 10.8 Å². The minimum atomic E-state index is -0.175. The Morgan fingerprint density at radius 1 is 1.13 bits per heavy atom. The molecule has 116 valence electrons. The molecule has 0 aliphatic carbocycles. The van der Waals surface area contributed by atoms with Crippen LogP contribution in [0.3, 0.4) is 0 Å². The van der Waals surface area contributed by atoms with Gasteiger partial charge in [-0.25, -0.2) is 4.98 Å². The Kier molecular flexibility index (Phi) is 4.73. The smallest absolute Gasteiger partial charge is 0.252 e. The fourth-order valence-electron chi connectivity index (χ4n) is 2.15. The zero-order chi connectivity index (χ0) is 16.1. The highest BCUT2D eigenvalue weighted by molar-refractivity contribution is 7.20. The van der Waals surface area contributed by atoms with Crippen molar-refractivity contribution in [3.05, 3.63) is 59.4 Å². The molecule has 6 heteroatoms. The van der Waals surface area contributed by atoms with Crippen molar-refractivity contribution < 1.29 is 9.59 Å². The van der Waals surface area contributed by atoms with Gasteiger partial charge in [0, 0.05) is 25.4 Å². The van der Waals surface area contributed by atoms with Gasteiger partial charge in [-0.3, -0.25) is 14.6 Å². The third-order valence-electron chi connectivity index (χ3n) is 3.32. The van der Waals surface area contributed by atoms with Crippen LogP contribution in [-0.2, 0) is 0 Å². The van der Waals surface area contributed by atoms with Crippen LogP contribution in [0.1, 0.15) is 33.0 Å². The monoisotopic (exact) mass is 325 g/mol. The van der Waals surface area contributed by atoms with Gasteiger partial charge in [0.05, 0.1) is 15.8 Å². The molecule has 0 aliphatic heterocycles. The number of pyridine rings is 1. The first kappa shape index (κ1) is 15.3. The highest BCUT2D eigenvalue weighted by Gasteiger charge is 2.12. The number of fused-ring (bicyclic) bond motifs is 1. The number of carbonyl (C=O) groups excluding carboxylic acids is 2. The van der Waals surface area contributed by atoms with Gasteiger partial charge >= 0.3 is 0 Å². The van der Waals surface area contributed by atoms with E-state index in [1.165, 1.54) is 17.5 Å². The standard InChI is InChI=1S/C17H15N3O2S/c21-14(17-20-13-6-1-2-8-15(13)23-17)7-4-10-19-16(22)12-5-3-9-18-11-12/h1-3,5-6,8-9,11H,4,7,10H2,(H,19,22). The molecule has 0 fully saturated rings. The third kappa shape index (κ3) is 3.78. The second-order valence-corrected chi connectivity index (χ2v) is 6.04. The Hall–Kier alpha value is -2.60. The lowest BCUT2D eigenvalue weighted by Gasteiger charge is -2.03. The van der Waals surface area contributed by atoms with E-state index in [1.54, 1.807) is 18.3 Å². The van der Waals surface area contributed by atoms with Gasteiger partial charge < -0.3 is 5.32 Å². The molecule has 0 saturated heterocycles. The zero-order valence-electron chi connectivity index (χ0n) is 12.4. The van der Waals surface area contributed by atoms with Gasteiger partial charge in [0.2, 0.25) is 0 Å². The average Bonchev–Trinajstić information content (AvgIpc) is 3.03. The highest BCUT2D eigenvalue weighted by Crippen LogP contribution is 2.22. The number of rotatable bonds is 6. The van der Waals surface area contributed by atoms with Crippen LogP contribution in [0.4, 0.5) is 0 Å². The van der Waals surface area contributed by atoms with Crippen molar-refractivity contribution in [2.24, 2.45) is 0 Å². The van der Waals surface area contributed by atoms with Crippen LogP contribution >= 0.6 is 11.3 Å². The van der Waals surface area contributed by atoms with Crippen LogP contribution < -0.4 is 5.32 Å². The molecule has 3 aromatic rings. The normalized spacial score (nSPS) is 10.6. The topological polar surface area (TPSA) is 72.0 Å². The van der Waals surface area contributed by atoms with E-state index < -0.39 is 0 Å². The summed E-state index contributed by atoms with van der Waals surface area (Å²) in [6.45, 7) is 0.449. The molecular weight excluding hydrogens is 310 g/mol. The summed E-state index contributed by atoms with van der Waals surface area (Å²) < 4.78 is 1.01. The number of carbonyl (C=O) groups is 2.